The van der Waals surface area contributed by atoms with Crippen molar-refractivity contribution in [3.8, 4) is 5.75 Å². The number of halogens is 1. The SMILES string of the molecule is COc1cc(C(=O)N2CCO[C@@H](CN3CCCCC3)[C@@H]2c2cnn(C)c2)ccc1F. The molecule has 1 amide bonds. The highest BCUT2D eigenvalue weighted by Crippen LogP contribution is 2.32. The van der Waals surface area contributed by atoms with Crippen molar-refractivity contribution in [2.75, 3.05) is 39.9 Å². The van der Waals surface area contributed by atoms with Crippen molar-refractivity contribution in [1.82, 2.24) is 19.6 Å². The van der Waals surface area contributed by atoms with E-state index in [1.807, 2.05) is 18.1 Å². The normalized spacial score (nSPS) is 22.8. The summed E-state index contributed by atoms with van der Waals surface area (Å²) in [5.41, 5.74) is 1.35. The van der Waals surface area contributed by atoms with Crippen LogP contribution in [-0.4, -0.2) is 71.5 Å². The van der Waals surface area contributed by atoms with Crippen molar-refractivity contribution in [3.63, 3.8) is 0 Å². The van der Waals surface area contributed by atoms with Gasteiger partial charge in [0, 0.05) is 37.5 Å². The molecule has 2 fully saturated rings. The van der Waals surface area contributed by atoms with E-state index in [0.717, 1.165) is 25.2 Å². The first-order chi connectivity index (χ1) is 14.6. The molecule has 0 unspecified atom stereocenters. The van der Waals surface area contributed by atoms with Crippen LogP contribution in [0.4, 0.5) is 4.39 Å². The Bertz CT molecular complexity index is 881. The Labute approximate surface area is 176 Å². The van der Waals surface area contributed by atoms with E-state index >= 15 is 0 Å². The third-order valence-electron chi connectivity index (χ3n) is 5.96. The van der Waals surface area contributed by atoms with Crippen LogP contribution in [0, 0.1) is 5.82 Å². The summed E-state index contributed by atoms with van der Waals surface area (Å²) in [4.78, 5) is 17.7. The monoisotopic (exact) mass is 416 g/mol. The van der Waals surface area contributed by atoms with E-state index in [1.54, 1.807) is 10.9 Å². The Kier molecular flexibility index (Phi) is 6.34. The third-order valence-corrected chi connectivity index (χ3v) is 5.96. The van der Waals surface area contributed by atoms with Crippen LogP contribution in [0.25, 0.3) is 0 Å². The molecule has 0 aliphatic carbocycles. The number of benzene rings is 1. The Hall–Kier alpha value is -2.45. The average Bonchev–Trinajstić information content (AvgIpc) is 3.20. The summed E-state index contributed by atoms with van der Waals surface area (Å²) in [5, 5.41) is 4.32. The molecule has 2 aliphatic heterocycles. The number of aromatic nitrogens is 2. The molecule has 2 aromatic rings. The van der Waals surface area contributed by atoms with Gasteiger partial charge in [0.2, 0.25) is 0 Å². The number of aryl methyl sites for hydroxylation is 1. The van der Waals surface area contributed by atoms with Gasteiger partial charge in [0.25, 0.3) is 5.91 Å². The second kappa shape index (κ2) is 9.14. The lowest BCUT2D eigenvalue weighted by Crippen LogP contribution is -2.52. The molecular weight excluding hydrogens is 387 g/mol. The minimum absolute atomic E-state index is 0.0666. The number of amides is 1. The molecule has 0 saturated carbocycles. The number of ether oxygens (including phenoxy) is 2. The second-order valence-electron chi connectivity index (χ2n) is 8.01. The lowest BCUT2D eigenvalue weighted by molar-refractivity contribution is -0.0741. The van der Waals surface area contributed by atoms with Crippen LogP contribution in [0.1, 0.15) is 41.2 Å². The first-order valence-electron chi connectivity index (χ1n) is 10.5. The van der Waals surface area contributed by atoms with Crippen molar-refractivity contribution in [1.29, 1.82) is 0 Å². The summed E-state index contributed by atoms with van der Waals surface area (Å²) in [6, 6.07) is 4.00. The number of hydrogen-bond acceptors (Lipinski definition) is 5. The molecule has 1 aromatic carbocycles. The van der Waals surface area contributed by atoms with Crippen molar-refractivity contribution in [3.05, 3.63) is 47.5 Å². The fraction of sp³-hybridized carbons (Fsp3) is 0.545. The molecule has 162 valence electrons. The lowest BCUT2D eigenvalue weighted by atomic mass is 9.98. The molecular formula is C22H29FN4O3. The standard InChI is InChI=1S/C22H29FN4O3/c1-25-14-17(13-24-25)21-20(15-26-8-4-3-5-9-26)30-11-10-27(21)22(28)16-6-7-18(23)19(12-16)29-2/h6-7,12-14,20-21H,3-5,8-11,15H2,1-2H3/t20-,21-/m0/s1. The van der Waals surface area contributed by atoms with Gasteiger partial charge in [0.1, 0.15) is 0 Å². The van der Waals surface area contributed by atoms with Gasteiger partial charge in [-0.3, -0.25) is 9.48 Å². The van der Waals surface area contributed by atoms with Gasteiger partial charge in [0.05, 0.1) is 32.1 Å². The quantitative estimate of drug-likeness (QED) is 0.750. The van der Waals surface area contributed by atoms with Gasteiger partial charge in [0.15, 0.2) is 11.6 Å². The summed E-state index contributed by atoms with van der Waals surface area (Å²) >= 11 is 0. The number of morpholine rings is 1. The highest BCUT2D eigenvalue weighted by Gasteiger charge is 2.38. The minimum atomic E-state index is -0.484. The zero-order chi connectivity index (χ0) is 21.1. The van der Waals surface area contributed by atoms with Gasteiger partial charge in [-0.1, -0.05) is 6.42 Å². The zero-order valence-electron chi connectivity index (χ0n) is 17.6. The van der Waals surface area contributed by atoms with Crippen LogP contribution < -0.4 is 4.74 Å². The van der Waals surface area contributed by atoms with E-state index in [1.165, 1.54) is 44.6 Å². The molecule has 7 nitrogen and oxygen atoms in total. The Morgan fingerprint density at radius 1 is 1.27 bits per heavy atom. The van der Waals surface area contributed by atoms with Crippen LogP contribution in [0.5, 0.6) is 5.75 Å². The molecule has 4 rings (SSSR count). The average molecular weight is 416 g/mol. The van der Waals surface area contributed by atoms with E-state index in [9.17, 15) is 9.18 Å². The highest BCUT2D eigenvalue weighted by atomic mass is 19.1. The summed E-state index contributed by atoms with van der Waals surface area (Å²) in [7, 11) is 3.26. The summed E-state index contributed by atoms with van der Waals surface area (Å²) in [6.07, 6.45) is 7.25. The van der Waals surface area contributed by atoms with Gasteiger partial charge in [-0.05, 0) is 44.1 Å². The van der Waals surface area contributed by atoms with E-state index < -0.39 is 5.82 Å². The number of likely N-dealkylation sites (tertiary alicyclic amines) is 1. The van der Waals surface area contributed by atoms with Gasteiger partial charge in [-0.25, -0.2) is 4.39 Å². The summed E-state index contributed by atoms with van der Waals surface area (Å²) in [5.74, 6) is -0.575. The number of rotatable bonds is 5. The first kappa shape index (κ1) is 20.8. The summed E-state index contributed by atoms with van der Waals surface area (Å²) in [6.45, 7) is 3.83. The predicted octanol–water partition coefficient (Wildman–Crippen LogP) is 2.64. The number of nitrogens with zero attached hydrogens (tertiary/aromatic N) is 4. The highest BCUT2D eigenvalue weighted by molar-refractivity contribution is 5.95. The molecule has 0 bridgehead atoms. The smallest absolute Gasteiger partial charge is 0.254 e. The molecule has 0 radical (unpaired) electrons. The van der Waals surface area contributed by atoms with Gasteiger partial charge in [-0.2, -0.15) is 5.10 Å². The lowest BCUT2D eigenvalue weighted by Gasteiger charge is -2.43. The minimum Gasteiger partial charge on any atom is -0.494 e. The van der Waals surface area contributed by atoms with Gasteiger partial charge in [-0.15, -0.1) is 0 Å². The first-order valence-corrected chi connectivity index (χ1v) is 10.5. The Morgan fingerprint density at radius 2 is 2.07 bits per heavy atom. The summed E-state index contributed by atoms with van der Waals surface area (Å²) < 4.78 is 26.8. The predicted molar refractivity (Wildman–Crippen MR) is 110 cm³/mol. The maximum Gasteiger partial charge on any atom is 0.254 e. The number of carbonyl (C=O) groups is 1. The molecule has 0 spiro atoms. The second-order valence-corrected chi connectivity index (χ2v) is 8.01. The van der Waals surface area contributed by atoms with E-state index in [4.69, 9.17) is 9.47 Å². The van der Waals surface area contributed by atoms with Crippen molar-refractivity contribution < 1.29 is 18.7 Å². The molecule has 3 heterocycles. The molecule has 2 atom stereocenters. The van der Waals surface area contributed by atoms with E-state index in [2.05, 4.69) is 10.00 Å². The molecule has 8 heteroatoms. The maximum atomic E-state index is 13.9. The molecule has 1 aromatic heterocycles. The largest absolute Gasteiger partial charge is 0.494 e. The zero-order valence-corrected chi connectivity index (χ0v) is 17.6. The Balaban J connectivity index is 1.63. The number of methoxy groups -OCH3 is 1. The molecule has 2 saturated heterocycles. The number of hydrogen-bond donors (Lipinski definition) is 0. The van der Waals surface area contributed by atoms with Crippen molar-refractivity contribution >= 4 is 5.91 Å². The number of piperidine rings is 1. The fourth-order valence-electron chi connectivity index (χ4n) is 4.46. The van der Waals surface area contributed by atoms with E-state index in [-0.39, 0.29) is 23.8 Å². The fourth-order valence-corrected chi connectivity index (χ4v) is 4.46. The Morgan fingerprint density at radius 3 is 2.77 bits per heavy atom. The molecule has 2 aliphatic rings. The molecule has 30 heavy (non-hydrogen) atoms. The van der Waals surface area contributed by atoms with Crippen LogP contribution in [0.15, 0.2) is 30.6 Å². The maximum absolute atomic E-state index is 13.9. The van der Waals surface area contributed by atoms with Gasteiger partial charge < -0.3 is 19.3 Å². The van der Waals surface area contributed by atoms with Crippen LogP contribution in [-0.2, 0) is 11.8 Å². The topological polar surface area (TPSA) is 59.8 Å². The van der Waals surface area contributed by atoms with Crippen LogP contribution in [0.3, 0.4) is 0 Å². The van der Waals surface area contributed by atoms with E-state index in [0.29, 0.717) is 18.7 Å². The van der Waals surface area contributed by atoms with Crippen molar-refractivity contribution in [2.24, 2.45) is 7.05 Å². The number of carbonyl (C=O) groups excluding carboxylic acids is 1. The van der Waals surface area contributed by atoms with Crippen molar-refractivity contribution in [2.45, 2.75) is 31.4 Å². The van der Waals surface area contributed by atoms with Crippen LogP contribution >= 0.6 is 0 Å². The van der Waals surface area contributed by atoms with Crippen LogP contribution in [0.2, 0.25) is 0 Å². The molecule has 0 N–H and O–H groups in total. The van der Waals surface area contributed by atoms with Gasteiger partial charge >= 0.3 is 0 Å². The third kappa shape index (κ3) is 4.34.